The normalized spacial score (nSPS) is 18.9. The van der Waals surface area contributed by atoms with E-state index in [1.54, 1.807) is 0 Å². The van der Waals surface area contributed by atoms with Crippen LogP contribution in [0.25, 0.3) is 0 Å². The number of guanidine groups is 1. The van der Waals surface area contributed by atoms with E-state index in [1.165, 1.54) is 5.00 Å². The second kappa shape index (κ2) is 13.4. The van der Waals surface area contributed by atoms with E-state index in [2.05, 4.69) is 44.5 Å². The number of carbonyl (C=O) groups excluding carboxylic acids is 1. The Morgan fingerprint density at radius 1 is 1.20 bits per heavy atom. The predicted molar refractivity (Wildman–Crippen MR) is 137 cm³/mol. The second-order valence-corrected chi connectivity index (χ2v) is 8.81. The third kappa shape index (κ3) is 7.56. The van der Waals surface area contributed by atoms with Gasteiger partial charge in [0.25, 0.3) is 0 Å². The van der Waals surface area contributed by atoms with Crippen molar-refractivity contribution < 1.29 is 4.79 Å². The van der Waals surface area contributed by atoms with Crippen LogP contribution >= 0.6 is 35.3 Å². The Hall–Kier alpha value is -1.07. The van der Waals surface area contributed by atoms with Gasteiger partial charge in [-0.1, -0.05) is 0 Å². The van der Waals surface area contributed by atoms with Crippen LogP contribution in [-0.2, 0) is 4.79 Å². The number of aliphatic imine (C=N–C) groups is 1. The first-order valence-electron chi connectivity index (χ1n) is 11.0. The molecule has 170 valence electrons. The number of nitrogens with zero attached hydrogens (tertiary/aromatic N) is 4. The van der Waals surface area contributed by atoms with Crippen LogP contribution in [0.5, 0.6) is 0 Å². The summed E-state index contributed by atoms with van der Waals surface area (Å²) in [5.41, 5.74) is 5.41. The van der Waals surface area contributed by atoms with Crippen LogP contribution in [0, 0.1) is 5.92 Å². The number of primary amides is 1. The molecule has 3 rings (SSSR count). The summed E-state index contributed by atoms with van der Waals surface area (Å²) < 4.78 is 0. The molecule has 2 aliphatic heterocycles. The number of amides is 1. The molecule has 1 aromatic rings. The maximum absolute atomic E-state index is 11.3. The smallest absolute Gasteiger partial charge is 0.220 e. The number of likely N-dealkylation sites (tertiary alicyclic amines) is 1. The molecule has 1 amide bonds. The molecule has 0 bridgehead atoms. The lowest BCUT2D eigenvalue weighted by Crippen LogP contribution is -2.52. The highest BCUT2D eigenvalue weighted by molar-refractivity contribution is 14.0. The van der Waals surface area contributed by atoms with Gasteiger partial charge in [0.15, 0.2) is 5.96 Å². The van der Waals surface area contributed by atoms with Gasteiger partial charge in [0.1, 0.15) is 0 Å². The number of rotatable bonds is 8. The van der Waals surface area contributed by atoms with Gasteiger partial charge in [-0.25, -0.2) is 0 Å². The summed E-state index contributed by atoms with van der Waals surface area (Å²) in [7, 11) is 0. The second-order valence-electron chi connectivity index (χ2n) is 7.89. The monoisotopic (exact) mass is 548 g/mol. The van der Waals surface area contributed by atoms with Gasteiger partial charge in [-0.2, -0.15) is 0 Å². The molecule has 9 heteroatoms. The summed E-state index contributed by atoms with van der Waals surface area (Å²) in [6, 6.07) is 4.33. The molecule has 0 saturated carbocycles. The first-order chi connectivity index (χ1) is 14.2. The molecular formula is C21H37IN6OS. The van der Waals surface area contributed by atoms with Crippen molar-refractivity contribution in [2.45, 2.75) is 32.6 Å². The Morgan fingerprint density at radius 3 is 2.53 bits per heavy atom. The zero-order chi connectivity index (χ0) is 20.5. The van der Waals surface area contributed by atoms with E-state index in [4.69, 9.17) is 10.7 Å². The van der Waals surface area contributed by atoms with Gasteiger partial charge in [-0.15, -0.1) is 35.3 Å². The lowest BCUT2D eigenvalue weighted by molar-refractivity contribution is -0.123. The van der Waals surface area contributed by atoms with Gasteiger partial charge in [0.2, 0.25) is 5.91 Å². The molecule has 30 heavy (non-hydrogen) atoms. The van der Waals surface area contributed by atoms with Crippen LogP contribution < -0.4 is 16.0 Å². The molecule has 0 spiro atoms. The molecule has 1 aromatic heterocycles. The van der Waals surface area contributed by atoms with E-state index in [1.807, 2.05) is 11.3 Å². The number of anilines is 1. The highest BCUT2D eigenvalue weighted by Gasteiger charge is 2.23. The van der Waals surface area contributed by atoms with E-state index < -0.39 is 0 Å². The Kier molecular flexibility index (Phi) is 11.2. The van der Waals surface area contributed by atoms with Crippen molar-refractivity contribution in [3.05, 3.63) is 17.5 Å². The number of nitrogens with one attached hydrogen (secondary N) is 1. The third-order valence-corrected chi connectivity index (χ3v) is 6.79. The van der Waals surface area contributed by atoms with Crippen LogP contribution in [0.4, 0.5) is 5.00 Å². The number of halogens is 1. The van der Waals surface area contributed by atoms with E-state index >= 15 is 0 Å². The van der Waals surface area contributed by atoms with Crippen molar-refractivity contribution in [3.8, 4) is 0 Å². The molecule has 0 atom stereocenters. The number of carbonyl (C=O) groups is 1. The average molecular weight is 549 g/mol. The van der Waals surface area contributed by atoms with Crippen molar-refractivity contribution in [1.82, 2.24) is 15.1 Å². The molecule has 0 radical (unpaired) electrons. The quantitative estimate of drug-likeness (QED) is 0.226. The van der Waals surface area contributed by atoms with Crippen molar-refractivity contribution in [3.63, 3.8) is 0 Å². The zero-order valence-corrected chi connectivity index (χ0v) is 21.2. The van der Waals surface area contributed by atoms with E-state index in [0.717, 1.165) is 90.5 Å². The van der Waals surface area contributed by atoms with Crippen LogP contribution in [0.15, 0.2) is 22.5 Å². The van der Waals surface area contributed by atoms with Crippen molar-refractivity contribution in [1.29, 1.82) is 0 Å². The fourth-order valence-corrected chi connectivity index (χ4v) is 4.87. The van der Waals surface area contributed by atoms with Crippen LogP contribution in [0.3, 0.4) is 0 Å². The fraction of sp³-hybridized carbons (Fsp3) is 0.714. The van der Waals surface area contributed by atoms with Gasteiger partial charge < -0.3 is 25.8 Å². The van der Waals surface area contributed by atoms with Crippen LogP contribution in [0.1, 0.15) is 32.6 Å². The number of hydrogen-bond acceptors (Lipinski definition) is 5. The Labute approximate surface area is 202 Å². The van der Waals surface area contributed by atoms with Gasteiger partial charge in [0, 0.05) is 45.2 Å². The summed E-state index contributed by atoms with van der Waals surface area (Å²) in [5, 5.41) is 6.98. The number of nitrogens with two attached hydrogens (primary N) is 1. The van der Waals surface area contributed by atoms with E-state index in [-0.39, 0.29) is 35.8 Å². The summed E-state index contributed by atoms with van der Waals surface area (Å²) >= 11 is 1.82. The number of piperidine rings is 1. The summed E-state index contributed by atoms with van der Waals surface area (Å²) in [4.78, 5) is 23.5. The highest BCUT2D eigenvalue weighted by Crippen LogP contribution is 2.22. The number of unbranched alkanes of at least 4 members (excludes halogenated alkanes) is 1. The summed E-state index contributed by atoms with van der Waals surface area (Å²) in [6.45, 7) is 11.1. The standard InChI is InChI=1S/C21H36N6OS.HI/c1-2-23-21(27-15-13-26(14-16-27)19-6-5-17-29-19)24-9-3-4-10-25-11-7-18(8-12-25)20(22)28;/h5-6,17-18H,2-4,7-16H2,1H3,(H2,22,28)(H,23,24);1H. The molecule has 3 N–H and O–H groups in total. The molecule has 7 nitrogen and oxygen atoms in total. The zero-order valence-electron chi connectivity index (χ0n) is 18.1. The molecule has 3 heterocycles. The van der Waals surface area contributed by atoms with Crippen molar-refractivity contribution >= 4 is 52.2 Å². The fourth-order valence-electron chi connectivity index (χ4n) is 4.09. The largest absolute Gasteiger partial charge is 0.369 e. The number of piperazine rings is 1. The summed E-state index contributed by atoms with van der Waals surface area (Å²) in [5.74, 6) is 1.01. The van der Waals surface area contributed by atoms with Gasteiger partial charge >= 0.3 is 0 Å². The number of hydrogen-bond donors (Lipinski definition) is 2. The maximum Gasteiger partial charge on any atom is 0.220 e. The molecule has 0 unspecified atom stereocenters. The minimum absolute atomic E-state index is 0. The first kappa shape index (κ1) is 25.2. The molecule has 2 aliphatic rings. The van der Waals surface area contributed by atoms with E-state index in [0.29, 0.717) is 0 Å². The third-order valence-electron chi connectivity index (χ3n) is 5.87. The topological polar surface area (TPSA) is 77.2 Å². The minimum atomic E-state index is -0.133. The highest BCUT2D eigenvalue weighted by atomic mass is 127. The molecule has 0 aliphatic carbocycles. The van der Waals surface area contributed by atoms with Gasteiger partial charge in [-0.3, -0.25) is 9.79 Å². The van der Waals surface area contributed by atoms with E-state index in [9.17, 15) is 4.79 Å². The lowest BCUT2D eigenvalue weighted by Gasteiger charge is -2.37. The van der Waals surface area contributed by atoms with Crippen LogP contribution in [0.2, 0.25) is 0 Å². The SMILES string of the molecule is CCNC(=NCCCCN1CCC(C(N)=O)CC1)N1CCN(c2cccs2)CC1.I. The van der Waals surface area contributed by atoms with Crippen LogP contribution in [-0.4, -0.2) is 80.6 Å². The van der Waals surface area contributed by atoms with Crippen molar-refractivity contribution in [2.75, 3.05) is 63.8 Å². The Bertz CT molecular complexity index is 640. The van der Waals surface area contributed by atoms with Gasteiger partial charge in [-0.05, 0) is 69.8 Å². The maximum atomic E-state index is 11.3. The first-order valence-corrected chi connectivity index (χ1v) is 11.9. The average Bonchev–Trinajstić information content (AvgIpc) is 3.28. The summed E-state index contributed by atoms with van der Waals surface area (Å²) in [6.07, 6.45) is 4.07. The predicted octanol–water partition coefficient (Wildman–Crippen LogP) is 2.43. The Balaban J connectivity index is 0.00000320. The lowest BCUT2D eigenvalue weighted by atomic mass is 9.96. The molecular weight excluding hydrogens is 511 g/mol. The Morgan fingerprint density at radius 2 is 1.93 bits per heavy atom. The molecule has 2 fully saturated rings. The van der Waals surface area contributed by atoms with Gasteiger partial charge in [0.05, 0.1) is 5.00 Å². The molecule has 2 saturated heterocycles. The molecule has 0 aromatic carbocycles. The minimum Gasteiger partial charge on any atom is -0.369 e. The van der Waals surface area contributed by atoms with Crippen molar-refractivity contribution in [2.24, 2.45) is 16.6 Å². The number of thiophene rings is 1.